The first-order chi connectivity index (χ1) is 11.8. The molecule has 0 spiro atoms. The average Bonchev–Trinajstić information content (AvgIpc) is 2.57. The minimum absolute atomic E-state index is 0.574. The number of benzene rings is 2. The zero-order valence-electron chi connectivity index (χ0n) is 14.7. The van der Waals surface area contributed by atoms with Crippen molar-refractivity contribution >= 4 is 5.69 Å². The van der Waals surface area contributed by atoms with Crippen LogP contribution in [0.2, 0.25) is 0 Å². The van der Waals surface area contributed by atoms with Crippen LogP contribution in [-0.4, -0.2) is 26.2 Å². The van der Waals surface area contributed by atoms with Crippen LogP contribution in [0.5, 0.6) is 0 Å². The van der Waals surface area contributed by atoms with Gasteiger partial charge in [-0.25, -0.2) is 0 Å². The molecule has 2 aromatic carbocycles. The molecule has 2 nitrogen and oxygen atoms in total. The van der Waals surface area contributed by atoms with Crippen LogP contribution in [0.15, 0.2) is 42.5 Å². The summed E-state index contributed by atoms with van der Waals surface area (Å²) in [5.74, 6) is 0. The third-order valence-corrected chi connectivity index (χ3v) is 4.95. The van der Waals surface area contributed by atoms with Crippen LogP contribution >= 0.6 is 0 Å². The van der Waals surface area contributed by atoms with E-state index in [1.165, 1.54) is 33.7 Å². The van der Waals surface area contributed by atoms with Crippen LogP contribution in [0.25, 0.3) is 0 Å². The van der Waals surface area contributed by atoms with E-state index < -0.39 is 11.7 Å². The topological polar surface area (TPSA) is 7.68 Å². The lowest BCUT2D eigenvalue weighted by molar-refractivity contribution is -0.914. The smallest absolute Gasteiger partial charge is 0.360 e. The molecule has 0 bridgehead atoms. The molecule has 134 valence electrons. The molecule has 25 heavy (non-hydrogen) atoms. The molecule has 1 aliphatic rings. The lowest BCUT2D eigenvalue weighted by Gasteiger charge is -2.34. The zero-order chi connectivity index (χ0) is 18.0. The molecule has 0 aromatic heterocycles. The van der Waals surface area contributed by atoms with Crippen LogP contribution < -0.4 is 9.80 Å². The van der Waals surface area contributed by atoms with E-state index in [1.807, 2.05) is 0 Å². The van der Waals surface area contributed by atoms with Gasteiger partial charge in [0, 0.05) is 11.3 Å². The monoisotopic (exact) mass is 349 g/mol. The Kier molecular flexibility index (Phi) is 5.04. The van der Waals surface area contributed by atoms with Gasteiger partial charge in [-0.15, -0.1) is 0 Å². The number of rotatable bonds is 3. The summed E-state index contributed by atoms with van der Waals surface area (Å²) in [5, 5.41) is 0. The van der Waals surface area contributed by atoms with E-state index in [1.54, 1.807) is 6.07 Å². The third-order valence-electron chi connectivity index (χ3n) is 4.95. The molecule has 1 fully saturated rings. The summed E-state index contributed by atoms with van der Waals surface area (Å²) in [4.78, 5) is 3.54. The number of nitrogens with zero attached hydrogens (tertiary/aromatic N) is 1. The van der Waals surface area contributed by atoms with Crippen LogP contribution in [-0.2, 0) is 12.7 Å². The molecule has 1 heterocycles. The van der Waals surface area contributed by atoms with E-state index >= 15 is 0 Å². The van der Waals surface area contributed by atoms with Crippen molar-refractivity contribution in [3.05, 3.63) is 64.7 Å². The van der Waals surface area contributed by atoms with Crippen molar-refractivity contribution in [3.8, 4) is 0 Å². The molecule has 0 radical (unpaired) electrons. The number of piperazine rings is 1. The minimum Gasteiger partial charge on any atom is -0.360 e. The Morgan fingerprint density at radius 2 is 1.72 bits per heavy atom. The Morgan fingerprint density at radius 1 is 1.00 bits per heavy atom. The molecule has 0 atom stereocenters. The standard InChI is InChI=1S/C20H23F3N2/c1-15-6-7-17(16(2)12-15)14-24-8-10-25(11-9-24)19-5-3-4-18(13-19)20(21,22)23/h3-7,12-13H,8-11,14H2,1-2H3/p+1. The summed E-state index contributed by atoms with van der Waals surface area (Å²) < 4.78 is 38.6. The molecular formula is C20H24F3N2+. The highest BCUT2D eigenvalue weighted by atomic mass is 19.4. The van der Waals surface area contributed by atoms with Crippen molar-refractivity contribution in [1.82, 2.24) is 0 Å². The first-order valence-corrected chi connectivity index (χ1v) is 8.65. The predicted octanol–water partition coefficient (Wildman–Crippen LogP) is 3.23. The van der Waals surface area contributed by atoms with E-state index in [4.69, 9.17) is 0 Å². The Labute approximate surface area is 146 Å². The zero-order valence-corrected chi connectivity index (χ0v) is 14.7. The van der Waals surface area contributed by atoms with Gasteiger partial charge in [0.2, 0.25) is 0 Å². The summed E-state index contributed by atoms with van der Waals surface area (Å²) in [6.45, 7) is 8.64. The maximum absolute atomic E-state index is 12.9. The number of nitrogens with one attached hydrogen (secondary N) is 1. The van der Waals surface area contributed by atoms with Gasteiger partial charge in [-0.3, -0.25) is 0 Å². The molecule has 1 aliphatic heterocycles. The second-order valence-corrected chi connectivity index (χ2v) is 6.89. The van der Waals surface area contributed by atoms with E-state index in [0.717, 1.165) is 38.8 Å². The molecular weight excluding hydrogens is 325 g/mol. The second-order valence-electron chi connectivity index (χ2n) is 6.89. The fourth-order valence-corrected chi connectivity index (χ4v) is 3.45. The molecule has 0 aliphatic carbocycles. The number of hydrogen-bond acceptors (Lipinski definition) is 1. The average molecular weight is 349 g/mol. The SMILES string of the molecule is Cc1ccc(C[NH+]2CCN(c3cccc(C(F)(F)F)c3)CC2)c(C)c1. The molecule has 3 rings (SSSR count). The van der Waals surface area contributed by atoms with Crippen LogP contribution in [0.3, 0.4) is 0 Å². The molecule has 1 N–H and O–H groups in total. The Morgan fingerprint density at radius 3 is 2.36 bits per heavy atom. The minimum atomic E-state index is -4.29. The fourth-order valence-electron chi connectivity index (χ4n) is 3.45. The van der Waals surface area contributed by atoms with Gasteiger partial charge in [-0.1, -0.05) is 29.8 Å². The summed E-state index contributed by atoms with van der Waals surface area (Å²) >= 11 is 0. The number of alkyl halides is 3. The van der Waals surface area contributed by atoms with Gasteiger partial charge < -0.3 is 9.80 Å². The Hall–Kier alpha value is -2.01. The number of hydrogen-bond donors (Lipinski definition) is 1. The lowest BCUT2D eigenvalue weighted by Crippen LogP contribution is -3.13. The summed E-state index contributed by atoms with van der Waals surface area (Å²) in [6.07, 6.45) is -4.29. The molecule has 0 saturated carbocycles. The van der Waals surface area contributed by atoms with Crippen molar-refractivity contribution < 1.29 is 18.1 Å². The van der Waals surface area contributed by atoms with Crippen molar-refractivity contribution in [2.45, 2.75) is 26.6 Å². The Bertz CT molecular complexity index is 732. The van der Waals surface area contributed by atoms with Crippen molar-refractivity contribution in [2.75, 3.05) is 31.1 Å². The molecule has 1 saturated heterocycles. The van der Waals surface area contributed by atoms with E-state index in [9.17, 15) is 13.2 Å². The number of anilines is 1. The molecule has 0 unspecified atom stereocenters. The summed E-state index contributed by atoms with van der Waals surface area (Å²) in [5.41, 5.74) is 4.03. The van der Waals surface area contributed by atoms with E-state index in [-0.39, 0.29) is 0 Å². The van der Waals surface area contributed by atoms with Crippen LogP contribution in [0, 0.1) is 13.8 Å². The van der Waals surface area contributed by atoms with Crippen LogP contribution in [0.1, 0.15) is 22.3 Å². The number of quaternary nitrogens is 1. The predicted molar refractivity (Wildman–Crippen MR) is 94.0 cm³/mol. The van der Waals surface area contributed by atoms with Crippen LogP contribution in [0.4, 0.5) is 18.9 Å². The maximum Gasteiger partial charge on any atom is 0.416 e. The molecule has 2 aromatic rings. The van der Waals surface area contributed by atoms with Gasteiger partial charge >= 0.3 is 6.18 Å². The van der Waals surface area contributed by atoms with E-state index in [0.29, 0.717) is 5.69 Å². The lowest BCUT2D eigenvalue weighted by atomic mass is 10.0. The van der Waals surface area contributed by atoms with Gasteiger partial charge in [0.15, 0.2) is 0 Å². The van der Waals surface area contributed by atoms with E-state index in [2.05, 4.69) is 36.9 Å². The summed E-state index contributed by atoms with van der Waals surface area (Å²) in [6, 6.07) is 12.2. The molecule has 5 heteroatoms. The quantitative estimate of drug-likeness (QED) is 0.894. The van der Waals surface area contributed by atoms with Gasteiger partial charge in [0.25, 0.3) is 0 Å². The highest BCUT2D eigenvalue weighted by molar-refractivity contribution is 5.49. The fraction of sp³-hybridized carbons (Fsp3) is 0.400. The van der Waals surface area contributed by atoms with Gasteiger partial charge in [0.05, 0.1) is 31.7 Å². The Balaban J connectivity index is 1.62. The maximum atomic E-state index is 12.9. The third kappa shape index (κ3) is 4.34. The van der Waals surface area contributed by atoms with Crippen molar-refractivity contribution in [3.63, 3.8) is 0 Å². The highest BCUT2D eigenvalue weighted by Crippen LogP contribution is 2.31. The largest absolute Gasteiger partial charge is 0.416 e. The number of halogens is 3. The van der Waals surface area contributed by atoms with Gasteiger partial charge in [-0.05, 0) is 37.6 Å². The van der Waals surface area contributed by atoms with Gasteiger partial charge in [-0.2, -0.15) is 13.2 Å². The highest BCUT2D eigenvalue weighted by Gasteiger charge is 2.31. The summed E-state index contributed by atoms with van der Waals surface area (Å²) in [7, 11) is 0. The first kappa shape index (κ1) is 17.8. The second kappa shape index (κ2) is 7.08. The molecule has 0 amide bonds. The first-order valence-electron chi connectivity index (χ1n) is 8.65. The van der Waals surface area contributed by atoms with Gasteiger partial charge in [0.1, 0.15) is 6.54 Å². The van der Waals surface area contributed by atoms with Crippen molar-refractivity contribution in [2.24, 2.45) is 0 Å². The normalized spacial score (nSPS) is 16.3. The van der Waals surface area contributed by atoms with Crippen molar-refractivity contribution in [1.29, 1.82) is 0 Å². The number of aryl methyl sites for hydroxylation is 2.